The van der Waals surface area contributed by atoms with E-state index in [1.165, 1.54) is 0 Å². The van der Waals surface area contributed by atoms with Crippen LogP contribution in [0.25, 0.3) is 0 Å². The molecule has 0 saturated carbocycles. The quantitative estimate of drug-likeness (QED) is 0.211. The summed E-state index contributed by atoms with van der Waals surface area (Å²) in [7, 11) is 4.10. The summed E-state index contributed by atoms with van der Waals surface area (Å²) < 4.78 is 32.2. The third-order valence-corrected chi connectivity index (χ3v) is 10.4. The molecular formula is C16H36N2O8Si2. The van der Waals surface area contributed by atoms with Crippen molar-refractivity contribution in [1.29, 1.82) is 0 Å². The lowest BCUT2D eigenvalue weighted by Gasteiger charge is -2.27. The molecule has 0 rings (SSSR count). The second-order valence-electron chi connectivity index (χ2n) is 6.08. The second kappa shape index (κ2) is 15.0. The van der Waals surface area contributed by atoms with Crippen molar-refractivity contribution in [2.75, 3.05) is 68.8 Å². The summed E-state index contributed by atoms with van der Waals surface area (Å²) in [5.74, 6) is 0. The molecule has 0 aliphatic carbocycles. The molecule has 0 aromatic heterocycles. The summed E-state index contributed by atoms with van der Waals surface area (Å²) in [6.45, 7) is 1.97. The first-order valence-electron chi connectivity index (χ1n) is 9.13. The summed E-state index contributed by atoms with van der Waals surface area (Å²) >= 11 is 0. The van der Waals surface area contributed by atoms with E-state index in [1.54, 1.807) is 52.5 Å². The fraction of sp³-hybridized carbons (Fsp3) is 0.875. The molecule has 0 aliphatic heterocycles. The van der Waals surface area contributed by atoms with Gasteiger partial charge in [0, 0.05) is 80.9 Å². The minimum absolute atomic E-state index is 0.450. The maximum absolute atomic E-state index is 11.3. The Kier molecular flexibility index (Phi) is 14.6. The number of nitrogens with zero attached hydrogens (tertiary/aromatic N) is 2. The van der Waals surface area contributed by atoms with Gasteiger partial charge >= 0.3 is 17.6 Å². The number of amides is 2. The Morgan fingerprint density at radius 1 is 0.571 bits per heavy atom. The zero-order chi connectivity index (χ0) is 21.5. The summed E-state index contributed by atoms with van der Waals surface area (Å²) in [5, 5.41) is 0. The van der Waals surface area contributed by atoms with Crippen LogP contribution in [0.15, 0.2) is 0 Å². The Morgan fingerprint density at radius 3 is 1.07 bits per heavy atom. The lowest BCUT2D eigenvalue weighted by Crippen LogP contribution is -2.44. The second-order valence-corrected chi connectivity index (χ2v) is 12.3. The van der Waals surface area contributed by atoms with Gasteiger partial charge in [-0.25, -0.2) is 0 Å². The number of carbonyl (C=O) groups excluding carboxylic acids is 2. The zero-order valence-electron chi connectivity index (χ0n) is 18.0. The number of hydrogen-bond acceptors (Lipinski definition) is 8. The van der Waals surface area contributed by atoms with E-state index in [-0.39, 0.29) is 0 Å². The van der Waals surface area contributed by atoms with Crippen molar-refractivity contribution in [3.8, 4) is 0 Å². The molecule has 0 aromatic rings. The molecule has 10 nitrogen and oxygen atoms in total. The predicted octanol–water partition coefficient (Wildman–Crippen LogP) is 0.440. The molecular weight excluding hydrogens is 404 g/mol. The minimum atomic E-state index is -2.64. The molecule has 0 bridgehead atoms. The highest BCUT2D eigenvalue weighted by Crippen LogP contribution is 2.16. The SMILES string of the molecule is CO[Si](CCCN(C=O)CCN(C=O)CCC[Si](OC)(OC)OC)(OC)OC. The molecule has 12 heteroatoms. The Balaban J connectivity index is 4.36. The van der Waals surface area contributed by atoms with Crippen LogP contribution in [0.2, 0.25) is 12.1 Å². The summed E-state index contributed by atoms with van der Waals surface area (Å²) in [5.41, 5.74) is 0. The largest absolute Gasteiger partial charge is 0.500 e. The fourth-order valence-corrected chi connectivity index (χ4v) is 6.21. The van der Waals surface area contributed by atoms with Gasteiger partial charge in [0.15, 0.2) is 0 Å². The van der Waals surface area contributed by atoms with Gasteiger partial charge < -0.3 is 36.4 Å². The Labute approximate surface area is 170 Å². The van der Waals surface area contributed by atoms with E-state index < -0.39 is 17.6 Å². The van der Waals surface area contributed by atoms with Gasteiger partial charge in [0.2, 0.25) is 12.8 Å². The summed E-state index contributed by atoms with van der Waals surface area (Å²) in [6.07, 6.45) is 2.95. The van der Waals surface area contributed by atoms with E-state index in [2.05, 4.69) is 0 Å². The molecule has 0 saturated heterocycles. The standard InChI is InChI=1S/C16H36N2O8Si2/c1-21-27(22-2,23-3)13-7-9-17(15-19)11-12-18(16-20)10-8-14-28(24-4,25-5)26-6/h15-16H,7-14H2,1-6H3. The van der Waals surface area contributed by atoms with Crippen LogP contribution in [0.1, 0.15) is 12.8 Å². The average molecular weight is 441 g/mol. The van der Waals surface area contributed by atoms with Gasteiger partial charge in [-0.15, -0.1) is 0 Å². The van der Waals surface area contributed by atoms with Crippen molar-refractivity contribution in [3.05, 3.63) is 0 Å². The molecule has 0 atom stereocenters. The smallest absolute Gasteiger partial charge is 0.377 e. The van der Waals surface area contributed by atoms with Crippen molar-refractivity contribution in [2.45, 2.75) is 24.9 Å². The fourth-order valence-electron chi connectivity index (χ4n) is 2.80. The normalized spacial score (nSPS) is 12.1. The highest BCUT2D eigenvalue weighted by atomic mass is 28.4. The predicted molar refractivity (Wildman–Crippen MR) is 108 cm³/mol. The topological polar surface area (TPSA) is 96.0 Å². The molecule has 0 fully saturated rings. The Morgan fingerprint density at radius 2 is 0.857 bits per heavy atom. The van der Waals surface area contributed by atoms with E-state index in [0.29, 0.717) is 51.1 Å². The lowest BCUT2D eigenvalue weighted by atomic mass is 10.4. The van der Waals surface area contributed by atoms with Gasteiger partial charge in [-0.1, -0.05) is 0 Å². The van der Waals surface area contributed by atoms with Crippen molar-refractivity contribution in [3.63, 3.8) is 0 Å². The Hall–Kier alpha value is -0.866. The van der Waals surface area contributed by atoms with Gasteiger partial charge in [0.25, 0.3) is 0 Å². The maximum atomic E-state index is 11.3. The lowest BCUT2D eigenvalue weighted by molar-refractivity contribution is -0.121. The van der Waals surface area contributed by atoms with Crippen molar-refractivity contribution in [2.24, 2.45) is 0 Å². The molecule has 0 N–H and O–H groups in total. The highest BCUT2D eigenvalue weighted by molar-refractivity contribution is 6.60. The van der Waals surface area contributed by atoms with Crippen molar-refractivity contribution >= 4 is 30.4 Å². The first-order valence-corrected chi connectivity index (χ1v) is 13.0. The maximum Gasteiger partial charge on any atom is 0.500 e. The van der Waals surface area contributed by atoms with Crippen LogP contribution >= 0.6 is 0 Å². The van der Waals surface area contributed by atoms with Crippen LogP contribution in [0.4, 0.5) is 0 Å². The molecule has 166 valence electrons. The van der Waals surface area contributed by atoms with Gasteiger partial charge in [0.05, 0.1) is 0 Å². The van der Waals surface area contributed by atoms with Gasteiger partial charge in [-0.2, -0.15) is 0 Å². The van der Waals surface area contributed by atoms with Gasteiger partial charge in [-0.05, 0) is 12.8 Å². The van der Waals surface area contributed by atoms with Crippen LogP contribution in [0.5, 0.6) is 0 Å². The van der Waals surface area contributed by atoms with Crippen LogP contribution in [0.3, 0.4) is 0 Å². The van der Waals surface area contributed by atoms with Gasteiger partial charge in [0.1, 0.15) is 0 Å². The molecule has 28 heavy (non-hydrogen) atoms. The van der Waals surface area contributed by atoms with E-state index in [0.717, 1.165) is 12.8 Å². The van der Waals surface area contributed by atoms with Crippen LogP contribution in [0, 0.1) is 0 Å². The van der Waals surface area contributed by atoms with E-state index in [9.17, 15) is 9.59 Å². The molecule has 0 aliphatic rings. The first kappa shape index (κ1) is 27.1. The molecule has 0 radical (unpaired) electrons. The van der Waals surface area contributed by atoms with Crippen LogP contribution in [-0.4, -0.2) is 109 Å². The molecule has 2 amide bonds. The highest BCUT2D eigenvalue weighted by Gasteiger charge is 2.37. The van der Waals surface area contributed by atoms with E-state index >= 15 is 0 Å². The Bertz CT molecular complexity index is 371. The number of carbonyl (C=O) groups is 2. The summed E-state index contributed by atoms with van der Waals surface area (Å²) in [4.78, 5) is 25.9. The number of hydrogen-bond donors (Lipinski definition) is 0. The van der Waals surface area contributed by atoms with E-state index in [1.807, 2.05) is 0 Å². The third-order valence-electron chi connectivity index (χ3n) is 4.70. The monoisotopic (exact) mass is 440 g/mol. The van der Waals surface area contributed by atoms with Crippen molar-refractivity contribution < 1.29 is 36.1 Å². The summed E-state index contributed by atoms with van der Waals surface area (Å²) in [6, 6.07) is 1.21. The van der Waals surface area contributed by atoms with Crippen LogP contribution < -0.4 is 0 Å². The molecule has 0 spiro atoms. The van der Waals surface area contributed by atoms with E-state index in [4.69, 9.17) is 26.6 Å². The van der Waals surface area contributed by atoms with Gasteiger partial charge in [-0.3, -0.25) is 9.59 Å². The zero-order valence-corrected chi connectivity index (χ0v) is 20.0. The molecule has 0 aromatic carbocycles. The molecule has 0 heterocycles. The van der Waals surface area contributed by atoms with Crippen LogP contribution in [-0.2, 0) is 36.1 Å². The number of rotatable bonds is 19. The van der Waals surface area contributed by atoms with Crippen molar-refractivity contribution in [1.82, 2.24) is 9.80 Å². The first-order chi connectivity index (χ1) is 13.4. The minimum Gasteiger partial charge on any atom is -0.377 e. The molecule has 0 unspecified atom stereocenters. The average Bonchev–Trinajstić information content (AvgIpc) is 2.75. The third kappa shape index (κ3) is 9.09.